The molecule has 2 aromatic carbocycles. The molecule has 30 heavy (non-hydrogen) atoms. The highest BCUT2D eigenvalue weighted by Crippen LogP contribution is 2.32. The molecule has 0 saturated carbocycles. The predicted molar refractivity (Wildman–Crippen MR) is 131 cm³/mol. The van der Waals surface area contributed by atoms with Gasteiger partial charge >= 0.3 is 0 Å². The fourth-order valence-corrected chi connectivity index (χ4v) is 4.00. The molecule has 0 heterocycles. The third-order valence-electron chi connectivity index (χ3n) is 5.89. The first-order valence-electron chi connectivity index (χ1n) is 11.2. The summed E-state index contributed by atoms with van der Waals surface area (Å²) in [5, 5.41) is 0. The molecule has 2 heteroatoms. The highest BCUT2D eigenvalue weighted by molar-refractivity contribution is 5.87. The van der Waals surface area contributed by atoms with Crippen molar-refractivity contribution in [2.24, 2.45) is 4.99 Å². The van der Waals surface area contributed by atoms with Crippen molar-refractivity contribution in [1.29, 1.82) is 0 Å². The summed E-state index contributed by atoms with van der Waals surface area (Å²) in [6.07, 6.45) is 4.89. The molecule has 0 radical (unpaired) electrons. The maximum absolute atomic E-state index is 14.7. The maximum atomic E-state index is 14.7. The highest BCUT2D eigenvalue weighted by Gasteiger charge is 2.23. The standard InChI is InChI=1S/C28H38FN/c1-9-23-14-12-16-26(28(7,8)29)24(23)15-11-10-13-22(6)30-27-18-21(5)20(4)17-25(27)19(2)3/h12,14,16-18H,2,9-11,13,15H2,1,3-8H3. The van der Waals surface area contributed by atoms with E-state index in [1.165, 1.54) is 22.3 Å². The number of allylic oxidation sites excluding steroid dienone is 1. The van der Waals surface area contributed by atoms with E-state index in [-0.39, 0.29) is 0 Å². The van der Waals surface area contributed by atoms with Crippen LogP contribution < -0.4 is 0 Å². The van der Waals surface area contributed by atoms with E-state index in [9.17, 15) is 4.39 Å². The summed E-state index contributed by atoms with van der Waals surface area (Å²) in [7, 11) is 0. The van der Waals surface area contributed by atoms with Crippen molar-refractivity contribution in [1.82, 2.24) is 0 Å². The first kappa shape index (κ1) is 24.1. The smallest absolute Gasteiger partial charge is 0.130 e. The van der Waals surface area contributed by atoms with Crippen LogP contribution in [0.1, 0.15) is 87.3 Å². The second kappa shape index (κ2) is 10.2. The first-order chi connectivity index (χ1) is 14.0. The highest BCUT2D eigenvalue weighted by atomic mass is 19.1. The number of rotatable bonds is 9. The third-order valence-corrected chi connectivity index (χ3v) is 5.89. The van der Waals surface area contributed by atoms with Gasteiger partial charge in [0.25, 0.3) is 0 Å². The number of unbranched alkanes of at least 4 members (excludes halogenated alkanes) is 1. The van der Waals surface area contributed by atoms with Gasteiger partial charge in [-0.3, -0.25) is 4.99 Å². The van der Waals surface area contributed by atoms with Crippen LogP contribution in [0.3, 0.4) is 0 Å². The van der Waals surface area contributed by atoms with Gasteiger partial charge in [0.05, 0.1) is 5.69 Å². The normalized spacial score (nSPS) is 12.3. The Bertz CT molecular complexity index is 928. The molecule has 0 amide bonds. The van der Waals surface area contributed by atoms with E-state index in [0.29, 0.717) is 0 Å². The number of benzene rings is 2. The molecule has 0 saturated heterocycles. The molecule has 0 unspecified atom stereocenters. The maximum Gasteiger partial charge on any atom is 0.130 e. The molecule has 0 spiro atoms. The average Bonchev–Trinajstić information content (AvgIpc) is 2.66. The van der Waals surface area contributed by atoms with Crippen molar-refractivity contribution in [3.8, 4) is 0 Å². The minimum atomic E-state index is -1.31. The molecule has 0 aliphatic rings. The molecule has 2 rings (SSSR count). The lowest BCUT2D eigenvalue weighted by Crippen LogP contribution is -2.14. The minimum absolute atomic E-state index is 0.841. The van der Waals surface area contributed by atoms with E-state index in [1.54, 1.807) is 13.8 Å². The molecule has 0 aromatic heterocycles. The van der Waals surface area contributed by atoms with Crippen LogP contribution >= 0.6 is 0 Å². The van der Waals surface area contributed by atoms with E-state index in [1.807, 2.05) is 19.1 Å². The molecule has 0 atom stereocenters. The van der Waals surface area contributed by atoms with Gasteiger partial charge in [-0.15, -0.1) is 0 Å². The Morgan fingerprint density at radius 2 is 1.73 bits per heavy atom. The van der Waals surface area contributed by atoms with Crippen LogP contribution in [-0.4, -0.2) is 5.71 Å². The second-order valence-electron chi connectivity index (χ2n) is 9.06. The first-order valence-corrected chi connectivity index (χ1v) is 11.2. The fourth-order valence-electron chi connectivity index (χ4n) is 4.00. The largest absolute Gasteiger partial charge is 0.257 e. The molecule has 0 fully saturated rings. The molecule has 0 aliphatic heterocycles. The Morgan fingerprint density at radius 3 is 2.33 bits per heavy atom. The van der Waals surface area contributed by atoms with Gasteiger partial charge in [0.1, 0.15) is 5.67 Å². The molecule has 1 nitrogen and oxygen atoms in total. The lowest BCUT2D eigenvalue weighted by atomic mass is 9.87. The van der Waals surface area contributed by atoms with E-state index < -0.39 is 5.67 Å². The molecule has 162 valence electrons. The molecular weight excluding hydrogens is 369 g/mol. The van der Waals surface area contributed by atoms with E-state index >= 15 is 0 Å². The van der Waals surface area contributed by atoms with Crippen LogP contribution in [0.25, 0.3) is 5.57 Å². The molecule has 2 aromatic rings. The van der Waals surface area contributed by atoms with Gasteiger partial charge < -0.3 is 0 Å². The summed E-state index contributed by atoms with van der Waals surface area (Å²) in [6.45, 7) is 18.0. The van der Waals surface area contributed by atoms with Gasteiger partial charge in [-0.1, -0.05) is 31.7 Å². The van der Waals surface area contributed by atoms with Crippen molar-refractivity contribution in [3.05, 3.63) is 70.3 Å². The predicted octanol–water partition coefficient (Wildman–Crippen LogP) is 8.61. The van der Waals surface area contributed by atoms with Gasteiger partial charge in [0.15, 0.2) is 0 Å². The third kappa shape index (κ3) is 6.14. The van der Waals surface area contributed by atoms with Crippen molar-refractivity contribution >= 4 is 17.0 Å². The minimum Gasteiger partial charge on any atom is -0.257 e. The van der Waals surface area contributed by atoms with Crippen molar-refractivity contribution in [2.75, 3.05) is 0 Å². The Hall–Kier alpha value is -2.22. The number of halogens is 1. The summed E-state index contributed by atoms with van der Waals surface area (Å²) >= 11 is 0. The molecule has 0 bridgehead atoms. The molecule has 0 N–H and O–H groups in total. The van der Waals surface area contributed by atoms with Gasteiger partial charge in [-0.25, -0.2) is 4.39 Å². The van der Waals surface area contributed by atoms with Gasteiger partial charge in [0.2, 0.25) is 0 Å². The summed E-state index contributed by atoms with van der Waals surface area (Å²) in [5.74, 6) is 0. The van der Waals surface area contributed by atoms with Crippen molar-refractivity contribution in [3.63, 3.8) is 0 Å². The van der Waals surface area contributed by atoms with Crippen LogP contribution in [0.15, 0.2) is 41.9 Å². The van der Waals surface area contributed by atoms with E-state index in [0.717, 1.165) is 60.2 Å². The summed E-state index contributed by atoms with van der Waals surface area (Å²) in [6, 6.07) is 10.4. The molecular formula is C28H38FN. The summed E-state index contributed by atoms with van der Waals surface area (Å²) in [5.41, 5.74) is 8.84. The van der Waals surface area contributed by atoms with E-state index in [2.05, 4.69) is 52.5 Å². The Balaban J connectivity index is 2.09. The van der Waals surface area contributed by atoms with Crippen LogP contribution in [0.4, 0.5) is 10.1 Å². The zero-order valence-corrected chi connectivity index (χ0v) is 20.0. The quantitative estimate of drug-likeness (QED) is 0.291. The SMILES string of the molecule is C=C(C)c1cc(C)c(C)cc1N=C(C)CCCCc1c(CC)cccc1C(C)(C)F. The number of aliphatic imine (C=N–C) groups is 1. The molecule has 0 aliphatic carbocycles. The number of alkyl halides is 1. The summed E-state index contributed by atoms with van der Waals surface area (Å²) < 4.78 is 14.7. The van der Waals surface area contributed by atoms with Gasteiger partial charge in [0, 0.05) is 11.3 Å². The van der Waals surface area contributed by atoms with Crippen molar-refractivity contribution < 1.29 is 4.39 Å². The topological polar surface area (TPSA) is 12.4 Å². The van der Waals surface area contributed by atoms with Gasteiger partial charge in [-0.05, 0) is 119 Å². The fraction of sp³-hybridized carbons (Fsp3) is 0.464. The lowest BCUT2D eigenvalue weighted by Gasteiger charge is -2.21. The lowest BCUT2D eigenvalue weighted by molar-refractivity contribution is 0.219. The zero-order chi connectivity index (χ0) is 22.5. The van der Waals surface area contributed by atoms with Crippen LogP contribution in [-0.2, 0) is 18.5 Å². The van der Waals surface area contributed by atoms with Crippen LogP contribution in [0.2, 0.25) is 0 Å². The zero-order valence-electron chi connectivity index (χ0n) is 20.0. The van der Waals surface area contributed by atoms with Crippen molar-refractivity contribution in [2.45, 2.75) is 86.2 Å². The monoisotopic (exact) mass is 407 g/mol. The average molecular weight is 408 g/mol. The van der Waals surface area contributed by atoms with Gasteiger partial charge in [-0.2, -0.15) is 0 Å². The number of nitrogens with zero attached hydrogens (tertiary/aromatic N) is 1. The van der Waals surface area contributed by atoms with Crippen LogP contribution in [0, 0.1) is 13.8 Å². The Labute approximate surface area is 183 Å². The Kier molecular flexibility index (Phi) is 8.18. The van der Waals surface area contributed by atoms with E-state index in [4.69, 9.17) is 4.99 Å². The number of hydrogen-bond acceptors (Lipinski definition) is 1. The number of hydrogen-bond donors (Lipinski definition) is 0. The number of aryl methyl sites for hydroxylation is 3. The van der Waals surface area contributed by atoms with Crippen LogP contribution in [0.5, 0.6) is 0 Å². The second-order valence-corrected chi connectivity index (χ2v) is 9.06. The Morgan fingerprint density at radius 1 is 1.07 bits per heavy atom. The summed E-state index contributed by atoms with van der Waals surface area (Å²) in [4.78, 5) is 4.91.